The Morgan fingerprint density at radius 1 is 1.04 bits per heavy atom. The SMILES string of the molecule is O=C(Cc1ccc(Cl)cc1)NS(=O)(=O)c1cc2c(cc1Cl)OCCO2. The molecule has 2 aromatic rings. The molecule has 0 aliphatic carbocycles. The van der Waals surface area contributed by atoms with Crippen LogP contribution in [0.2, 0.25) is 10.0 Å². The summed E-state index contributed by atoms with van der Waals surface area (Å²) in [6.07, 6.45) is -0.113. The number of carbonyl (C=O) groups excluding carboxylic acids is 1. The van der Waals surface area contributed by atoms with Gasteiger partial charge in [-0.25, -0.2) is 13.1 Å². The molecular weight excluding hydrogens is 389 g/mol. The van der Waals surface area contributed by atoms with Crippen LogP contribution in [-0.4, -0.2) is 27.5 Å². The lowest BCUT2D eigenvalue weighted by Crippen LogP contribution is -2.32. The van der Waals surface area contributed by atoms with Gasteiger partial charge in [0.15, 0.2) is 11.5 Å². The first-order chi connectivity index (χ1) is 11.8. The average molecular weight is 402 g/mol. The molecule has 1 aliphatic heterocycles. The van der Waals surface area contributed by atoms with Crippen LogP contribution in [0.3, 0.4) is 0 Å². The van der Waals surface area contributed by atoms with E-state index in [2.05, 4.69) is 0 Å². The molecule has 0 radical (unpaired) electrons. The third-order valence-corrected chi connectivity index (χ3v) is 5.50. The summed E-state index contributed by atoms with van der Waals surface area (Å²) in [5, 5.41) is 0.468. The quantitative estimate of drug-likeness (QED) is 0.851. The molecular formula is C16H13Cl2NO5S. The molecule has 0 bridgehead atoms. The maximum atomic E-state index is 12.5. The van der Waals surface area contributed by atoms with Gasteiger partial charge in [-0.1, -0.05) is 35.3 Å². The van der Waals surface area contributed by atoms with Crippen LogP contribution in [0.4, 0.5) is 0 Å². The van der Waals surface area contributed by atoms with Crippen LogP contribution < -0.4 is 14.2 Å². The number of sulfonamides is 1. The maximum absolute atomic E-state index is 12.5. The van der Waals surface area contributed by atoms with E-state index in [9.17, 15) is 13.2 Å². The summed E-state index contributed by atoms with van der Waals surface area (Å²) in [7, 11) is -4.15. The molecule has 0 saturated carbocycles. The fourth-order valence-corrected chi connectivity index (χ4v) is 3.92. The highest BCUT2D eigenvalue weighted by molar-refractivity contribution is 7.90. The number of carbonyl (C=O) groups is 1. The van der Waals surface area contributed by atoms with Crippen LogP contribution in [0.25, 0.3) is 0 Å². The number of benzene rings is 2. The summed E-state index contributed by atoms with van der Waals surface area (Å²) in [6.45, 7) is 0.657. The van der Waals surface area contributed by atoms with Crippen molar-refractivity contribution in [1.29, 1.82) is 0 Å². The number of ether oxygens (including phenoxy) is 2. The van der Waals surface area contributed by atoms with Gasteiger partial charge in [0.25, 0.3) is 10.0 Å². The Kier molecular flexibility index (Phi) is 5.08. The number of fused-ring (bicyclic) bond motifs is 1. The van der Waals surface area contributed by atoms with Crippen LogP contribution in [0, 0.1) is 0 Å². The van der Waals surface area contributed by atoms with Crippen LogP contribution in [0.1, 0.15) is 5.56 Å². The van der Waals surface area contributed by atoms with Crippen molar-refractivity contribution in [3.8, 4) is 11.5 Å². The van der Waals surface area contributed by atoms with Gasteiger partial charge in [0.05, 0.1) is 11.4 Å². The van der Waals surface area contributed by atoms with Crippen molar-refractivity contribution in [3.63, 3.8) is 0 Å². The van der Waals surface area contributed by atoms with Crippen LogP contribution in [-0.2, 0) is 21.2 Å². The molecule has 0 unspecified atom stereocenters. The van der Waals surface area contributed by atoms with Gasteiger partial charge >= 0.3 is 0 Å². The zero-order valence-corrected chi connectivity index (χ0v) is 15.1. The van der Waals surface area contributed by atoms with Gasteiger partial charge in [0, 0.05) is 17.2 Å². The van der Waals surface area contributed by atoms with Gasteiger partial charge in [0.1, 0.15) is 18.1 Å². The minimum absolute atomic E-state index is 0.0592. The van der Waals surface area contributed by atoms with Gasteiger partial charge in [-0.15, -0.1) is 0 Å². The van der Waals surface area contributed by atoms with E-state index in [1.165, 1.54) is 12.1 Å². The lowest BCUT2D eigenvalue weighted by atomic mass is 10.1. The second-order valence-electron chi connectivity index (χ2n) is 5.26. The normalized spacial score (nSPS) is 13.4. The topological polar surface area (TPSA) is 81.7 Å². The van der Waals surface area contributed by atoms with Crippen LogP contribution in [0.15, 0.2) is 41.3 Å². The number of hydrogen-bond acceptors (Lipinski definition) is 5. The second kappa shape index (κ2) is 7.11. The first-order valence-corrected chi connectivity index (χ1v) is 9.48. The van der Waals surface area contributed by atoms with Crippen molar-refractivity contribution in [2.75, 3.05) is 13.2 Å². The molecule has 6 nitrogen and oxygen atoms in total. The predicted octanol–water partition coefficient (Wildman–Crippen LogP) is 2.81. The first-order valence-electron chi connectivity index (χ1n) is 7.24. The Labute approximate surface area is 154 Å². The van der Waals surface area contributed by atoms with Crippen molar-refractivity contribution >= 4 is 39.1 Å². The molecule has 0 aromatic heterocycles. The zero-order valence-electron chi connectivity index (χ0n) is 12.8. The molecule has 1 heterocycles. The molecule has 132 valence electrons. The molecule has 1 aliphatic rings. The van der Waals surface area contributed by atoms with Gasteiger partial charge in [-0.2, -0.15) is 0 Å². The summed E-state index contributed by atoms with van der Waals surface area (Å²) in [5.74, 6) is -0.0582. The minimum Gasteiger partial charge on any atom is -0.486 e. The highest BCUT2D eigenvalue weighted by Crippen LogP contribution is 2.37. The zero-order chi connectivity index (χ0) is 18.0. The lowest BCUT2D eigenvalue weighted by molar-refractivity contribution is -0.118. The molecule has 25 heavy (non-hydrogen) atoms. The molecule has 3 rings (SSSR count). The molecule has 0 fully saturated rings. The minimum atomic E-state index is -4.15. The van der Waals surface area contributed by atoms with Gasteiger partial charge < -0.3 is 9.47 Å². The predicted molar refractivity (Wildman–Crippen MR) is 92.9 cm³/mol. The second-order valence-corrected chi connectivity index (χ2v) is 7.75. The van der Waals surface area contributed by atoms with Crippen molar-refractivity contribution in [2.45, 2.75) is 11.3 Å². The number of amides is 1. The highest BCUT2D eigenvalue weighted by atomic mass is 35.5. The summed E-state index contributed by atoms with van der Waals surface area (Å²) < 4.78 is 37.6. The number of hydrogen-bond donors (Lipinski definition) is 1. The van der Waals surface area contributed by atoms with E-state index < -0.39 is 15.9 Å². The van der Waals surface area contributed by atoms with Gasteiger partial charge in [0.2, 0.25) is 5.91 Å². The summed E-state index contributed by atoms with van der Waals surface area (Å²) in [6, 6.07) is 9.13. The Balaban J connectivity index is 1.79. The number of rotatable bonds is 4. The fraction of sp³-hybridized carbons (Fsp3) is 0.188. The van der Waals surface area contributed by atoms with E-state index in [1.54, 1.807) is 24.3 Å². The molecule has 0 saturated heterocycles. The van der Waals surface area contributed by atoms with Crippen molar-refractivity contribution < 1.29 is 22.7 Å². The smallest absolute Gasteiger partial charge is 0.265 e. The Morgan fingerprint density at radius 2 is 1.64 bits per heavy atom. The summed E-state index contributed by atoms with van der Waals surface area (Å²) >= 11 is 11.8. The standard InChI is InChI=1S/C16H13Cl2NO5S/c17-11-3-1-10(2-4-11)7-16(20)19-25(21,22)15-9-14-13(8-12(15)18)23-5-6-24-14/h1-4,8-9H,5-7H2,(H,19,20). The van der Waals surface area contributed by atoms with Crippen LogP contribution in [0.5, 0.6) is 11.5 Å². The van der Waals surface area contributed by atoms with Crippen molar-refractivity contribution in [2.24, 2.45) is 0 Å². The molecule has 2 aromatic carbocycles. The van der Waals surface area contributed by atoms with E-state index in [0.29, 0.717) is 29.5 Å². The van der Waals surface area contributed by atoms with Crippen molar-refractivity contribution in [1.82, 2.24) is 4.72 Å². The molecule has 0 spiro atoms. The third-order valence-electron chi connectivity index (χ3n) is 3.41. The molecule has 9 heteroatoms. The Hall–Kier alpha value is -1.96. The van der Waals surface area contributed by atoms with Gasteiger partial charge in [-0.05, 0) is 17.7 Å². The molecule has 1 amide bonds. The summed E-state index contributed by atoms with van der Waals surface area (Å²) in [4.78, 5) is 11.8. The highest BCUT2D eigenvalue weighted by Gasteiger charge is 2.25. The maximum Gasteiger partial charge on any atom is 0.265 e. The van der Waals surface area contributed by atoms with Crippen molar-refractivity contribution in [3.05, 3.63) is 52.0 Å². The largest absolute Gasteiger partial charge is 0.486 e. The van der Waals surface area contributed by atoms with Crippen LogP contribution >= 0.6 is 23.2 Å². The fourth-order valence-electron chi connectivity index (χ4n) is 2.28. The Bertz CT molecular complexity index is 913. The van der Waals surface area contributed by atoms with E-state index >= 15 is 0 Å². The molecule has 0 atom stereocenters. The monoisotopic (exact) mass is 401 g/mol. The van der Waals surface area contributed by atoms with E-state index in [4.69, 9.17) is 32.7 Å². The molecule has 1 N–H and O–H groups in total. The first kappa shape index (κ1) is 17.8. The van der Waals surface area contributed by atoms with E-state index in [1.807, 2.05) is 4.72 Å². The number of nitrogens with one attached hydrogen (secondary N) is 1. The Morgan fingerprint density at radius 3 is 2.28 bits per heavy atom. The summed E-state index contributed by atoms with van der Waals surface area (Å²) in [5.41, 5.74) is 0.630. The number of halogens is 2. The lowest BCUT2D eigenvalue weighted by Gasteiger charge is -2.19. The van der Waals surface area contributed by atoms with E-state index in [0.717, 1.165) is 0 Å². The van der Waals surface area contributed by atoms with E-state index in [-0.39, 0.29) is 22.1 Å². The van der Waals surface area contributed by atoms with Gasteiger partial charge in [-0.3, -0.25) is 4.79 Å². The third kappa shape index (κ3) is 4.18. The average Bonchev–Trinajstić information content (AvgIpc) is 2.55.